The van der Waals surface area contributed by atoms with E-state index in [4.69, 9.17) is 0 Å². The first-order valence-electron chi connectivity index (χ1n) is 10.4. The van der Waals surface area contributed by atoms with Gasteiger partial charge in [-0.15, -0.1) is 11.3 Å². The largest absolute Gasteiger partial charge is 0.351 e. The summed E-state index contributed by atoms with van der Waals surface area (Å²) in [5.74, 6) is -0.245. The van der Waals surface area contributed by atoms with Crippen LogP contribution in [-0.2, 0) is 18.4 Å². The number of carbonyl (C=O) groups excluding carboxylic acids is 2. The summed E-state index contributed by atoms with van der Waals surface area (Å²) in [7, 11) is 1.89. The van der Waals surface area contributed by atoms with Gasteiger partial charge in [0.15, 0.2) is 6.04 Å². The molecule has 1 aliphatic carbocycles. The average Bonchev–Trinajstić information content (AvgIpc) is 3.49. The Morgan fingerprint density at radius 1 is 1.20 bits per heavy atom. The second-order valence-corrected chi connectivity index (χ2v) is 8.98. The molecule has 0 saturated heterocycles. The third kappa shape index (κ3) is 3.23. The van der Waals surface area contributed by atoms with Crippen LogP contribution in [0.25, 0.3) is 10.6 Å². The number of aromatic nitrogens is 2. The van der Waals surface area contributed by atoms with E-state index in [1.165, 1.54) is 11.3 Å². The van der Waals surface area contributed by atoms with Crippen LogP contribution in [0, 0.1) is 0 Å². The van der Waals surface area contributed by atoms with Crippen molar-refractivity contribution in [1.82, 2.24) is 19.8 Å². The van der Waals surface area contributed by atoms with Crippen molar-refractivity contribution in [2.24, 2.45) is 7.05 Å². The Balaban J connectivity index is 1.62. The van der Waals surface area contributed by atoms with E-state index >= 15 is 0 Å². The highest BCUT2D eigenvalue weighted by molar-refractivity contribution is 7.14. The number of rotatable bonds is 4. The zero-order chi connectivity index (χ0) is 20.7. The van der Waals surface area contributed by atoms with Gasteiger partial charge in [0.1, 0.15) is 5.69 Å². The molecule has 6 nitrogen and oxygen atoms in total. The molecule has 1 unspecified atom stereocenters. The van der Waals surface area contributed by atoms with Crippen LogP contribution in [-0.4, -0.2) is 32.3 Å². The summed E-state index contributed by atoms with van der Waals surface area (Å²) in [5.41, 5.74) is 3.12. The molecule has 1 N–H and O–H groups in total. The van der Waals surface area contributed by atoms with Crippen LogP contribution in [0.15, 0.2) is 48.1 Å². The second-order valence-electron chi connectivity index (χ2n) is 8.06. The number of nitrogens with zero attached hydrogens (tertiary/aromatic N) is 3. The molecule has 2 amide bonds. The first-order chi connectivity index (χ1) is 14.6. The van der Waals surface area contributed by atoms with Gasteiger partial charge in [0.05, 0.1) is 22.5 Å². The Bertz CT molecular complexity index is 1080. The highest BCUT2D eigenvalue weighted by Gasteiger charge is 2.41. The number of nitrogens with one attached hydrogen (secondary N) is 1. The Labute approximate surface area is 179 Å². The number of imidazole rings is 1. The first kappa shape index (κ1) is 19.1. The lowest BCUT2D eigenvalue weighted by molar-refractivity contribution is -0.127. The number of carbonyl (C=O) groups is 2. The second kappa shape index (κ2) is 7.72. The molecule has 0 radical (unpaired) electrons. The fourth-order valence-electron chi connectivity index (χ4n) is 4.58. The van der Waals surface area contributed by atoms with Gasteiger partial charge in [-0.05, 0) is 29.9 Å². The molecule has 2 aromatic heterocycles. The number of thiophene rings is 1. The van der Waals surface area contributed by atoms with E-state index < -0.39 is 6.04 Å². The Morgan fingerprint density at radius 3 is 2.73 bits per heavy atom. The molecule has 1 aromatic carbocycles. The van der Waals surface area contributed by atoms with Crippen molar-refractivity contribution in [1.29, 1.82) is 0 Å². The monoisotopic (exact) mass is 420 g/mol. The van der Waals surface area contributed by atoms with Gasteiger partial charge < -0.3 is 14.8 Å². The molecule has 3 aromatic rings. The van der Waals surface area contributed by atoms with Crippen molar-refractivity contribution < 1.29 is 9.59 Å². The molecule has 3 heterocycles. The number of hydrogen-bond acceptors (Lipinski definition) is 4. The van der Waals surface area contributed by atoms with Crippen molar-refractivity contribution in [2.75, 3.05) is 0 Å². The van der Waals surface area contributed by atoms with E-state index in [9.17, 15) is 9.59 Å². The fourth-order valence-corrected chi connectivity index (χ4v) is 5.47. The molecule has 5 rings (SSSR count). The maximum atomic E-state index is 13.6. The van der Waals surface area contributed by atoms with Crippen molar-refractivity contribution >= 4 is 23.2 Å². The number of benzene rings is 1. The molecule has 1 aliphatic heterocycles. The third-order valence-electron chi connectivity index (χ3n) is 6.07. The molecular weight excluding hydrogens is 396 g/mol. The smallest absolute Gasteiger partial charge is 0.256 e. The molecule has 0 bridgehead atoms. The molecule has 7 heteroatoms. The lowest BCUT2D eigenvalue weighted by atomic mass is 10.1. The zero-order valence-corrected chi connectivity index (χ0v) is 17.7. The van der Waals surface area contributed by atoms with Gasteiger partial charge in [-0.2, -0.15) is 0 Å². The van der Waals surface area contributed by atoms with E-state index in [1.54, 1.807) is 11.2 Å². The number of fused-ring (bicyclic) bond motifs is 3. The minimum atomic E-state index is -0.722. The predicted molar refractivity (Wildman–Crippen MR) is 116 cm³/mol. The van der Waals surface area contributed by atoms with Crippen LogP contribution in [0.1, 0.15) is 53.3 Å². The summed E-state index contributed by atoms with van der Waals surface area (Å²) in [6.07, 6.45) is 6.00. The fraction of sp³-hybridized carbons (Fsp3) is 0.348. The lowest BCUT2D eigenvalue weighted by Crippen LogP contribution is -2.46. The van der Waals surface area contributed by atoms with Crippen molar-refractivity contribution in [2.45, 2.75) is 44.3 Å². The van der Waals surface area contributed by atoms with E-state index in [1.807, 2.05) is 53.4 Å². The first-order valence-corrected chi connectivity index (χ1v) is 11.3. The van der Waals surface area contributed by atoms with Gasteiger partial charge in [-0.3, -0.25) is 9.59 Å². The minimum Gasteiger partial charge on any atom is -0.351 e. The summed E-state index contributed by atoms with van der Waals surface area (Å²) < 4.78 is 1.88. The van der Waals surface area contributed by atoms with Crippen molar-refractivity contribution in [3.8, 4) is 10.6 Å². The summed E-state index contributed by atoms with van der Waals surface area (Å²) in [5, 5.41) is 5.14. The summed E-state index contributed by atoms with van der Waals surface area (Å²) in [6.45, 7) is 0.363. The van der Waals surface area contributed by atoms with Crippen LogP contribution in [0.3, 0.4) is 0 Å². The van der Waals surface area contributed by atoms with E-state index in [0.717, 1.165) is 47.5 Å². The van der Waals surface area contributed by atoms with Gasteiger partial charge in [0.25, 0.3) is 5.91 Å². The van der Waals surface area contributed by atoms with E-state index in [-0.39, 0.29) is 17.9 Å². The molecule has 0 spiro atoms. The van der Waals surface area contributed by atoms with Crippen LogP contribution >= 0.6 is 11.3 Å². The number of aryl methyl sites for hydroxylation is 1. The molecule has 2 aliphatic rings. The summed E-state index contributed by atoms with van der Waals surface area (Å²) in [4.78, 5) is 34.4. The summed E-state index contributed by atoms with van der Waals surface area (Å²) in [6, 6.07) is 11.1. The van der Waals surface area contributed by atoms with Crippen LogP contribution in [0.2, 0.25) is 0 Å². The molecule has 1 fully saturated rings. The Kier molecular flexibility index (Phi) is 4.90. The quantitative estimate of drug-likeness (QED) is 0.696. The van der Waals surface area contributed by atoms with Gasteiger partial charge in [-0.1, -0.05) is 43.2 Å². The van der Waals surface area contributed by atoms with Crippen molar-refractivity contribution in [3.63, 3.8) is 0 Å². The maximum absolute atomic E-state index is 13.6. The molecular formula is C23H24N4O2S. The SMILES string of the molecule is Cn1cnc2c1C(C(=O)NC1CCCC1)N(Cc1ccccc1)C(=O)c1ccsc1-2. The molecule has 1 saturated carbocycles. The standard InChI is InChI=1S/C23H24N4O2S/c1-26-14-24-18-19(26)20(22(28)25-16-9-5-6-10-16)27(13-15-7-3-2-4-8-15)23(29)17-11-12-30-21(17)18/h2-4,7-8,11-12,14,16,20H,5-6,9-10,13H2,1H3,(H,25,28). The van der Waals surface area contributed by atoms with Gasteiger partial charge in [0, 0.05) is 19.6 Å². The van der Waals surface area contributed by atoms with Gasteiger partial charge >= 0.3 is 0 Å². The summed E-state index contributed by atoms with van der Waals surface area (Å²) >= 11 is 1.50. The van der Waals surface area contributed by atoms with Gasteiger partial charge in [0.2, 0.25) is 5.91 Å². The Hall–Kier alpha value is -2.93. The third-order valence-corrected chi connectivity index (χ3v) is 6.99. The highest BCUT2D eigenvalue weighted by Crippen LogP contribution is 2.41. The number of hydrogen-bond donors (Lipinski definition) is 1. The minimum absolute atomic E-state index is 0.119. The maximum Gasteiger partial charge on any atom is 0.256 e. The van der Waals surface area contributed by atoms with E-state index in [2.05, 4.69) is 10.3 Å². The van der Waals surface area contributed by atoms with E-state index in [0.29, 0.717) is 12.1 Å². The van der Waals surface area contributed by atoms with Crippen LogP contribution < -0.4 is 5.32 Å². The van der Waals surface area contributed by atoms with Crippen LogP contribution in [0.5, 0.6) is 0 Å². The zero-order valence-electron chi connectivity index (χ0n) is 16.9. The lowest BCUT2D eigenvalue weighted by Gasteiger charge is -2.31. The molecule has 154 valence electrons. The average molecular weight is 421 g/mol. The normalized spacial score (nSPS) is 18.8. The topological polar surface area (TPSA) is 67.2 Å². The molecule has 30 heavy (non-hydrogen) atoms. The van der Waals surface area contributed by atoms with Crippen molar-refractivity contribution in [3.05, 3.63) is 64.9 Å². The van der Waals surface area contributed by atoms with Crippen LogP contribution in [0.4, 0.5) is 0 Å². The molecule has 1 atom stereocenters. The predicted octanol–water partition coefficient (Wildman–Crippen LogP) is 3.90. The number of amides is 2. The Morgan fingerprint density at radius 2 is 1.97 bits per heavy atom. The van der Waals surface area contributed by atoms with Gasteiger partial charge in [-0.25, -0.2) is 4.98 Å². The highest BCUT2D eigenvalue weighted by atomic mass is 32.1.